The molecule has 0 atom stereocenters. The van der Waals surface area contributed by atoms with E-state index in [1.165, 1.54) is 19.2 Å². The van der Waals surface area contributed by atoms with E-state index in [9.17, 15) is 19.1 Å². The zero-order valence-corrected chi connectivity index (χ0v) is 22.2. The van der Waals surface area contributed by atoms with Crippen molar-refractivity contribution in [3.05, 3.63) is 125 Å². The minimum Gasteiger partial charge on any atom is -0.494 e. The molecule has 0 bridgehead atoms. The van der Waals surface area contributed by atoms with E-state index in [4.69, 9.17) is 9.47 Å². The van der Waals surface area contributed by atoms with Crippen molar-refractivity contribution in [3.63, 3.8) is 0 Å². The number of allylic oxidation sites excluding steroid dienone is 1. The van der Waals surface area contributed by atoms with Crippen molar-refractivity contribution in [2.45, 2.75) is 13.0 Å². The number of methoxy groups -OCH3 is 1. The van der Waals surface area contributed by atoms with Gasteiger partial charge in [0.2, 0.25) is 0 Å². The number of carbonyl (C=O) groups is 2. The second kappa shape index (κ2) is 11.9. The first-order chi connectivity index (χ1) is 19.4. The number of hydrogen-bond donors (Lipinski definition) is 1. The topological polar surface area (TPSA) is 98.6 Å². The number of fused-ring (bicyclic) bond motifs is 1. The normalized spacial score (nSPS) is 11.7. The highest BCUT2D eigenvalue weighted by Gasteiger charge is 2.25. The highest BCUT2D eigenvalue weighted by molar-refractivity contribution is 7.00. The zero-order chi connectivity index (χ0) is 28.1. The third-order valence-corrected chi connectivity index (χ3v) is 6.85. The Morgan fingerprint density at radius 2 is 1.57 bits per heavy atom. The van der Waals surface area contributed by atoms with Crippen molar-refractivity contribution in [1.29, 1.82) is 0 Å². The number of carbonyl (C=O) groups excluding carboxylic acids is 1. The van der Waals surface area contributed by atoms with Gasteiger partial charge in [-0.25, -0.2) is 9.18 Å². The van der Waals surface area contributed by atoms with Crippen LogP contribution < -0.4 is 9.47 Å². The summed E-state index contributed by atoms with van der Waals surface area (Å²) in [6.45, 7) is 0.361. The third kappa shape index (κ3) is 5.89. The minimum absolute atomic E-state index is 0.00226. The Morgan fingerprint density at radius 1 is 0.850 bits per heavy atom. The van der Waals surface area contributed by atoms with Crippen molar-refractivity contribution in [3.8, 4) is 11.5 Å². The number of benzene rings is 4. The third-order valence-electron chi connectivity index (χ3n) is 6.29. The van der Waals surface area contributed by atoms with Crippen LogP contribution in [0.25, 0.3) is 16.6 Å². The summed E-state index contributed by atoms with van der Waals surface area (Å²) in [6, 6.07) is 25.3. The molecule has 9 heteroatoms. The Labute approximate surface area is 233 Å². The van der Waals surface area contributed by atoms with Crippen molar-refractivity contribution in [2.24, 2.45) is 0 Å². The number of Topliss-reactive ketones (excluding diaryl/α,β-unsaturated/α-hetero) is 1. The van der Waals surface area contributed by atoms with Crippen LogP contribution in [0.2, 0.25) is 0 Å². The van der Waals surface area contributed by atoms with Gasteiger partial charge in [0.15, 0.2) is 17.3 Å². The smallest absolute Gasteiger partial charge is 0.336 e. The second-order valence-electron chi connectivity index (χ2n) is 8.90. The first kappa shape index (κ1) is 26.7. The molecule has 0 aliphatic rings. The highest BCUT2D eigenvalue weighted by atomic mass is 32.1. The lowest BCUT2D eigenvalue weighted by Crippen LogP contribution is -2.14. The number of aromatic nitrogens is 2. The number of hydrogen-bond acceptors (Lipinski definition) is 7. The van der Waals surface area contributed by atoms with Gasteiger partial charge in [0.25, 0.3) is 0 Å². The Hall–Kier alpha value is -4.89. The summed E-state index contributed by atoms with van der Waals surface area (Å²) in [5, 5.41) is 10.3. The molecule has 0 saturated carbocycles. The molecule has 0 fully saturated rings. The van der Waals surface area contributed by atoms with E-state index >= 15 is 0 Å². The first-order valence-electron chi connectivity index (χ1n) is 12.3. The fraction of sp³-hybridized carbons (Fsp3) is 0.0968. The Bertz CT molecular complexity index is 1720. The van der Waals surface area contributed by atoms with Gasteiger partial charge >= 0.3 is 5.97 Å². The number of rotatable bonds is 10. The summed E-state index contributed by atoms with van der Waals surface area (Å²) >= 11 is 1.01. The highest BCUT2D eigenvalue weighted by Crippen LogP contribution is 2.29. The maximum Gasteiger partial charge on any atom is 0.336 e. The number of carboxylic acid groups (broad SMARTS) is 1. The van der Waals surface area contributed by atoms with E-state index in [-0.39, 0.29) is 28.9 Å². The summed E-state index contributed by atoms with van der Waals surface area (Å²) in [4.78, 5) is 26.5. The van der Waals surface area contributed by atoms with E-state index in [1.54, 1.807) is 48.5 Å². The molecule has 7 nitrogen and oxygen atoms in total. The predicted octanol–water partition coefficient (Wildman–Crippen LogP) is 6.38. The van der Waals surface area contributed by atoms with Gasteiger partial charge in [0, 0.05) is 17.6 Å². The van der Waals surface area contributed by atoms with Crippen molar-refractivity contribution in [1.82, 2.24) is 8.75 Å². The molecule has 0 unspecified atom stereocenters. The van der Waals surface area contributed by atoms with E-state index < -0.39 is 17.6 Å². The van der Waals surface area contributed by atoms with Crippen LogP contribution in [0.15, 0.2) is 96.6 Å². The molecule has 5 rings (SSSR count). The number of carboxylic acids is 1. The number of halogens is 1. The lowest BCUT2D eigenvalue weighted by atomic mass is 9.89. The van der Waals surface area contributed by atoms with Gasteiger partial charge in [-0.1, -0.05) is 42.5 Å². The first-order valence-corrected chi connectivity index (χ1v) is 13.0. The number of aliphatic carboxylic acids is 1. The lowest BCUT2D eigenvalue weighted by molar-refractivity contribution is -0.130. The average molecular weight is 555 g/mol. The number of ketones is 1. The Kier molecular flexibility index (Phi) is 7.93. The quantitative estimate of drug-likeness (QED) is 0.158. The molecule has 4 aromatic carbocycles. The summed E-state index contributed by atoms with van der Waals surface area (Å²) in [6.07, 6.45) is -0.124. The number of ether oxygens (including phenoxy) is 2. The van der Waals surface area contributed by atoms with E-state index in [0.717, 1.165) is 17.3 Å². The standard InChI is InChI=1S/C31H23FN2O5S/c1-38-28-14-7-20(16-25(28)32)15-24(29(31(36)37)22-10-13-26-27(17-22)34-40-33-26)30(35)21-8-11-23(12-9-21)39-18-19-5-3-2-4-6-19/h2-14,16-17H,15,18H2,1H3,(H,36,37)/b29-24+. The average Bonchev–Trinajstić information content (AvgIpc) is 3.44. The van der Waals surface area contributed by atoms with Gasteiger partial charge in [-0.2, -0.15) is 8.75 Å². The molecule has 5 aromatic rings. The molecule has 0 saturated heterocycles. The SMILES string of the molecule is COc1ccc(C/C(C(=O)c2ccc(OCc3ccccc3)cc2)=C(\C(=O)O)c2ccc3nsnc3c2)cc1F. The molecule has 0 spiro atoms. The summed E-state index contributed by atoms with van der Waals surface area (Å²) in [5.74, 6) is -1.80. The Balaban J connectivity index is 1.53. The molecule has 0 amide bonds. The molecule has 0 aliphatic heterocycles. The van der Waals surface area contributed by atoms with Crippen LogP contribution in [0.1, 0.15) is 27.0 Å². The van der Waals surface area contributed by atoms with Gasteiger partial charge in [-0.3, -0.25) is 4.79 Å². The van der Waals surface area contributed by atoms with Gasteiger partial charge in [0.1, 0.15) is 23.4 Å². The van der Waals surface area contributed by atoms with Crippen LogP contribution in [0.4, 0.5) is 4.39 Å². The molecular formula is C31H23FN2O5S. The van der Waals surface area contributed by atoms with Crippen LogP contribution in [-0.4, -0.2) is 32.7 Å². The molecule has 1 aromatic heterocycles. The summed E-state index contributed by atoms with van der Waals surface area (Å²) in [7, 11) is 1.35. The van der Waals surface area contributed by atoms with Crippen LogP contribution in [-0.2, 0) is 17.8 Å². The zero-order valence-electron chi connectivity index (χ0n) is 21.3. The largest absolute Gasteiger partial charge is 0.494 e. The fourth-order valence-corrected chi connectivity index (χ4v) is 4.81. The molecule has 1 heterocycles. The van der Waals surface area contributed by atoms with Gasteiger partial charge < -0.3 is 14.6 Å². The monoisotopic (exact) mass is 554 g/mol. The van der Waals surface area contributed by atoms with Crippen LogP contribution >= 0.6 is 11.7 Å². The summed E-state index contributed by atoms with van der Waals surface area (Å²) < 4.78 is 33.7. The van der Waals surface area contributed by atoms with Crippen LogP contribution in [0.5, 0.6) is 11.5 Å². The van der Waals surface area contributed by atoms with E-state index in [1.807, 2.05) is 30.3 Å². The van der Waals surface area contributed by atoms with Crippen molar-refractivity contribution in [2.75, 3.05) is 7.11 Å². The van der Waals surface area contributed by atoms with Gasteiger partial charge in [-0.05, 0) is 65.2 Å². The molecule has 40 heavy (non-hydrogen) atoms. The second-order valence-corrected chi connectivity index (χ2v) is 9.43. The van der Waals surface area contributed by atoms with E-state index in [0.29, 0.717) is 34.5 Å². The van der Waals surface area contributed by atoms with Gasteiger partial charge in [-0.15, -0.1) is 0 Å². The van der Waals surface area contributed by atoms with E-state index in [2.05, 4.69) is 8.75 Å². The molecule has 0 aliphatic carbocycles. The molecule has 200 valence electrons. The lowest BCUT2D eigenvalue weighted by Gasteiger charge is -2.14. The number of nitrogens with zero attached hydrogens (tertiary/aromatic N) is 2. The maximum absolute atomic E-state index is 14.5. The van der Waals surface area contributed by atoms with Crippen LogP contribution in [0.3, 0.4) is 0 Å². The van der Waals surface area contributed by atoms with Crippen molar-refractivity contribution < 1.29 is 28.6 Å². The molecular weight excluding hydrogens is 531 g/mol. The van der Waals surface area contributed by atoms with Gasteiger partial charge in [0.05, 0.1) is 24.4 Å². The predicted molar refractivity (Wildman–Crippen MR) is 150 cm³/mol. The minimum atomic E-state index is -1.29. The Morgan fingerprint density at radius 3 is 2.27 bits per heavy atom. The molecule has 0 radical (unpaired) electrons. The van der Waals surface area contributed by atoms with Crippen LogP contribution in [0, 0.1) is 5.82 Å². The van der Waals surface area contributed by atoms with Crippen molar-refractivity contribution >= 4 is 40.1 Å². The summed E-state index contributed by atoms with van der Waals surface area (Å²) in [5.41, 5.74) is 2.92. The maximum atomic E-state index is 14.5. The molecule has 1 N–H and O–H groups in total. The fourth-order valence-electron chi connectivity index (χ4n) is 4.29.